The summed E-state index contributed by atoms with van der Waals surface area (Å²) >= 11 is 6.64. The van der Waals surface area contributed by atoms with E-state index >= 15 is 0 Å². The molecule has 5 aliphatic rings. The highest BCUT2D eigenvalue weighted by Crippen LogP contribution is 2.72. The molecule has 0 heterocycles. The third kappa shape index (κ3) is 1.75. The fourth-order valence-electron chi connectivity index (χ4n) is 6.62. The first kappa shape index (κ1) is 10.6. The Bertz CT molecular complexity index is 1080. The first-order valence-corrected chi connectivity index (χ1v) is 9.68. The van der Waals surface area contributed by atoms with Gasteiger partial charge >= 0.3 is 0 Å². The number of rotatable bonds is 1. The van der Waals surface area contributed by atoms with Crippen molar-refractivity contribution in [3.63, 3.8) is 0 Å². The topological polar surface area (TPSA) is 54.4 Å². The van der Waals surface area contributed by atoms with Gasteiger partial charge in [-0.1, -0.05) is 31.5 Å². The normalized spacial score (nSPS) is 63.0. The van der Waals surface area contributed by atoms with E-state index in [-0.39, 0.29) is 36.3 Å². The highest BCUT2D eigenvalue weighted by molar-refractivity contribution is 6.32. The van der Waals surface area contributed by atoms with Crippen molar-refractivity contribution in [1.82, 2.24) is 0 Å². The lowest BCUT2D eigenvalue weighted by molar-refractivity contribution is -0.157. The van der Waals surface area contributed by atoms with Crippen molar-refractivity contribution >= 4 is 23.2 Å². The van der Waals surface area contributed by atoms with Crippen LogP contribution in [-0.2, 0) is 9.59 Å². The summed E-state index contributed by atoms with van der Waals surface area (Å²) in [6, 6.07) is -0.506. The van der Waals surface area contributed by atoms with E-state index in [0.717, 1.165) is 0 Å². The van der Waals surface area contributed by atoms with Crippen LogP contribution in [0.25, 0.3) is 0 Å². The second-order valence-electron chi connectivity index (χ2n) is 8.97. The van der Waals surface area contributed by atoms with Crippen LogP contribution in [0.15, 0.2) is 22.7 Å². The van der Waals surface area contributed by atoms with Crippen molar-refractivity contribution in [2.24, 2.45) is 40.4 Å². The number of fused-ring (bicyclic) bond motifs is 7. The quantitative estimate of drug-likeness (QED) is 0.694. The standard InChI is InChI=1S/C22H27ClO3/c1-11(24)22(26)7-5-14-12-9-18(23)17-10-19(25)13-8-16(13)21(17,3)15(12)4-6-20(14,22)2/h9-10,12-16,26H,4-8H2,1-3H3/t12-,13+,14-,15-,16-,20-,21-,22-/m0/s1/i1+1D3,3D3,10D,11+1,13D. The number of ketones is 2. The molecular formula is C22H27ClO3. The lowest BCUT2D eigenvalue weighted by Crippen LogP contribution is -2.56. The molecule has 8 atom stereocenters. The minimum absolute atomic E-state index is 0.00113. The van der Waals surface area contributed by atoms with E-state index in [1.54, 1.807) is 13.0 Å². The van der Waals surface area contributed by atoms with Crippen LogP contribution in [0.2, 0.25) is 0 Å². The number of hydrogen-bond donors (Lipinski definition) is 1. The molecule has 3 fully saturated rings. The van der Waals surface area contributed by atoms with Crippen LogP contribution in [0.4, 0.5) is 0 Å². The predicted molar refractivity (Wildman–Crippen MR) is 99.4 cm³/mol. The van der Waals surface area contributed by atoms with Gasteiger partial charge in [-0.25, -0.2) is 0 Å². The Balaban J connectivity index is 1.69. The van der Waals surface area contributed by atoms with Crippen LogP contribution < -0.4 is 0 Å². The Morgan fingerprint density at radius 3 is 2.88 bits per heavy atom. The molecule has 0 aliphatic heterocycles. The smallest absolute Gasteiger partial charge is 0.161 e. The Labute approximate surface area is 171 Å². The zero-order valence-electron chi connectivity index (χ0n) is 22.6. The van der Waals surface area contributed by atoms with Gasteiger partial charge in [0.2, 0.25) is 0 Å². The van der Waals surface area contributed by atoms with Crippen molar-refractivity contribution in [3.05, 3.63) is 22.7 Å². The summed E-state index contributed by atoms with van der Waals surface area (Å²) in [5, 5.41) is 11.5. The molecule has 3 nitrogen and oxygen atoms in total. The van der Waals surface area contributed by atoms with Gasteiger partial charge < -0.3 is 5.11 Å². The van der Waals surface area contributed by atoms with Gasteiger partial charge in [-0.15, -0.1) is 0 Å². The Kier molecular flexibility index (Phi) is 2.00. The van der Waals surface area contributed by atoms with E-state index in [0.29, 0.717) is 6.42 Å². The van der Waals surface area contributed by atoms with Crippen LogP contribution in [0.3, 0.4) is 0 Å². The Hall–Kier alpha value is -0.930. The Morgan fingerprint density at radius 2 is 2.15 bits per heavy atom. The van der Waals surface area contributed by atoms with Gasteiger partial charge in [0.15, 0.2) is 11.6 Å². The van der Waals surface area contributed by atoms with Gasteiger partial charge in [0.25, 0.3) is 0 Å². The van der Waals surface area contributed by atoms with Crippen LogP contribution >= 0.6 is 11.6 Å². The summed E-state index contributed by atoms with van der Waals surface area (Å²) in [6.45, 7) is -3.91. The van der Waals surface area contributed by atoms with Crippen molar-refractivity contribution in [1.29, 1.82) is 0 Å². The molecule has 0 saturated heterocycles. The third-order valence-electron chi connectivity index (χ3n) is 8.20. The molecule has 0 aromatic rings. The second-order valence-corrected chi connectivity index (χ2v) is 9.38. The molecule has 140 valence electrons. The molecule has 0 aromatic carbocycles. The highest BCUT2D eigenvalue weighted by atomic mass is 35.5. The summed E-state index contributed by atoms with van der Waals surface area (Å²) in [5.41, 5.74) is -4.81. The molecule has 5 rings (SSSR count). The fourth-order valence-corrected chi connectivity index (χ4v) is 6.97. The van der Waals surface area contributed by atoms with Gasteiger partial charge in [-0.3, -0.25) is 9.59 Å². The minimum Gasteiger partial charge on any atom is -0.382 e. The van der Waals surface area contributed by atoms with Crippen molar-refractivity contribution in [3.8, 4) is 0 Å². The van der Waals surface area contributed by atoms with Crippen LogP contribution in [-0.4, -0.2) is 22.3 Å². The third-order valence-corrected chi connectivity index (χ3v) is 8.52. The Morgan fingerprint density at radius 1 is 1.38 bits per heavy atom. The highest BCUT2D eigenvalue weighted by Gasteiger charge is 2.69. The molecule has 1 N–H and O–H groups in total. The van der Waals surface area contributed by atoms with Crippen molar-refractivity contribution in [2.75, 3.05) is 0 Å². The van der Waals surface area contributed by atoms with E-state index in [9.17, 15) is 14.7 Å². The van der Waals surface area contributed by atoms with E-state index in [1.807, 2.05) is 0 Å². The van der Waals surface area contributed by atoms with Gasteiger partial charge in [0, 0.05) is 31.4 Å². The number of carbonyl (C=O) groups excluding carboxylic acids is 2. The van der Waals surface area contributed by atoms with Crippen LogP contribution in [0, 0.1) is 40.4 Å². The molecule has 0 unspecified atom stereocenters. The van der Waals surface area contributed by atoms with Gasteiger partial charge in [0.1, 0.15) is 5.60 Å². The largest absolute Gasteiger partial charge is 0.382 e. The minimum atomic E-state index is -2.97. The number of hydrogen-bond acceptors (Lipinski definition) is 3. The summed E-state index contributed by atoms with van der Waals surface area (Å²) in [4.78, 5) is 25.6. The molecule has 0 spiro atoms. The van der Waals surface area contributed by atoms with E-state index < -0.39 is 77.3 Å². The lowest BCUT2D eigenvalue weighted by atomic mass is 9.48. The molecule has 0 radical (unpaired) electrons. The first-order chi connectivity index (χ1) is 15.4. The molecule has 0 aromatic heterocycles. The summed E-state index contributed by atoms with van der Waals surface area (Å²) in [5.74, 6) is -5.83. The summed E-state index contributed by atoms with van der Waals surface area (Å²) in [6.07, 6.45) is 2.43. The second kappa shape index (κ2) is 4.91. The summed E-state index contributed by atoms with van der Waals surface area (Å²) < 4.78 is 65.7. The van der Waals surface area contributed by atoms with Gasteiger partial charge in [-0.05, 0) is 74.3 Å². The van der Waals surface area contributed by atoms with Crippen molar-refractivity contribution in [2.45, 2.75) is 58.3 Å². The maximum absolute atomic E-state index is 12.9. The molecule has 4 heteroatoms. The number of Topliss-reactive ketones (excluding diaryl/α,β-unsaturated/α-hetero) is 1. The van der Waals surface area contributed by atoms with Gasteiger partial charge in [0.05, 0.1) is 1.37 Å². The van der Waals surface area contributed by atoms with E-state index in [4.69, 9.17) is 22.6 Å². The molecule has 0 amide bonds. The van der Waals surface area contributed by atoms with Crippen molar-refractivity contribution < 1.29 is 25.7 Å². The van der Waals surface area contributed by atoms with Crippen LogP contribution in [0.1, 0.15) is 63.7 Å². The predicted octanol–water partition coefficient (Wildman–Crippen LogP) is 4.04. The SMILES string of the molecule is [2H]C1=C2C(Cl)=C[C@@H]3[C@H](CC[C@@]4(C)[C@H]3CC[C@]4(O)[13C](=O)[13C]([2H])([2H])[2H])[C@@]2(C([2H])([2H])[2H])[C@H]2C[C@@]2([2H])C1=O. The number of carbonyl (C=O) groups is 2. The summed E-state index contributed by atoms with van der Waals surface area (Å²) in [7, 11) is 0. The molecule has 3 saturated carbocycles. The molecule has 5 aliphatic carbocycles. The van der Waals surface area contributed by atoms with Crippen LogP contribution in [0.5, 0.6) is 0 Å². The zero-order valence-corrected chi connectivity index (χ0v) is 15.3. The van der Waals surface area contributed by atoms with E-state index in [2.05, 4.69) is 0 Å². The molecular weight excluding hydrogens is 350 g/mol. The average molecular weight is 385 g/mol. The average Bonchev–Trinajstić information content (AvgIpc) is 3.33. The maximum atomic E-state index is 12.9. The van der Waals surface area contributed by atoms with E-state index in [1.165, 1.54) is 0 Å². The lowest BCUT2D eigenvalue weighted by Gasteiger charge is -2.57. The number of aliphatic hydroxyl groups is 1. The fraction of sp³-hybridized carbons (Fsp3) is 0.727. The molecule has 26 heavy (non-hydrogen) atoms. The monoisotopic (exact) mass is 384 g/mol. The molecule has 0 bridgehead atoms. The zero-order chi connectivity index (χ0) is 25.4. The number of allylic oxidation sites excluding steroid dienone is 4. The maximum Gasteiger partial charge on any atom is 0.161 e. The van der Waals surface area contributed by atoms with Gasteiger partial charge in [-0.2, -0.15) is 0 Å². The first-order valence-electron chi connectivity index (χ1n) is 13.3. The number of halogens is 1.